The molecule has 0 saturated carbocycles. The summed E-state index contributed by atoms with van der Waals surface area (Å²) in [5.74, 6) is -0.0131. The minimum Gasteiger partial charge on any atom is -0.465 e. The molecule has 1 aliphatic heterocycles. The van der Waals surface area contributed by atoms with Crippen molar-refractivity contribution in [3.63, 3.8) is 0 Å². The van der Waals surface area contributed by atoms with Crippen LogP contribution in [0.25, 0.3) is 0 Å². The zero-order valence-corrected chi connectivity index (χ0v) is 14.4. The number of benzene rings is 1. The first kappa shape index (κ1) is 17.6. The van der Waals surface area contributed by atoms with Gasteiger partial charge < -0.3 is 10.1 Å². The highest BCUT2D eigenvalue weighted by atomic mass is 16.5. The van der Waals surface area contributed by atoms with Crippen molar-refractivity contribution < 1.29 is 19.1 Å². The van der Waals surface area contributed by atoms with Gasteiger partial charge in [-0.25, -0.2) is 9.78 Å². The number of rotatable bonds is 5. The average molecular weight is 353 g/mol. The first-order valence-corrected chi connectivity index (χ1v) is 8.30. The molecule has 26 heavy (non-hydrogen) atoms. The van der Waals surface area contributed by atoms with Gasteiger partial charge in [-0.2, -0.15) is 0 Å². The van der Waals surface area contributed by atoms with Gasteiger partial charge in [-0.1, -0.05) is 0 Å². The number of carbonyl (C=O) groups excluding carboxylic acids is 3. The Morgan fingerprint density at radius 1 is 1.19 bits per heavy atom. The Labute approximate surface area is 151 Å². The number of methoxy groups -OCH3 is 1. The molecule has 3 rings (SSSR count). The number of nitrogens with one attached hydrogen (secondary N) is 1. The lowest BCUT2D eigenvalue weighted by Gasteiger charge is -2.15. The number of ether oxygens (including phenoxy) is 1. The molecule has 2 heterocycles. The Kier molecular flexibility index (Phi) is 5.26. The predicted octanol–water partition coefficient (Wildman–Crippen LogP) is 1.93. The fraction of sp³-hybridized carbons (Fsp3) is 0.263. The predicted molar refractivity (Wildman–Crippen MR) is 94.8 cm³/mol. The minimum atomic E-state index is -0.447. The number of pyridine rings is 1. The molecule has 1 aliphatic rings. The van der Waals surface area contributed by atoms with Crippen LogP contribution in [0.1, 0.15) is 39.1 Å². The first-order chi connectivity index (χ1) is 12.6. The van der Waals surface area contributed by atoms with E-state index in [0.29, 0.717) is 36.5 Å². The molecular formula is C19H19N3O4. The quantitative estimate of drug-likeness (QED) is 0.830. The van der Waals surface area contributed by atoms with E-state index in [1.807, 2.05) is 6.07 Å². The fourth-order valence-corrected chi connectivity index (χ4v) is 2.77. The molecule has 2 aromatic rings. The van der Waals surface area contributed by atoms with Gasteiger partial charge >= 0.3 is 5.97 Å². The van der Waals surface area contributed by atoms with E-state index in [4.69, 9.17) is 0 Å². The maximum absolute atomic E-state index is 12.3. The van der Waals surface area contributed by atoms with Crippen molar-refractivity contribution in [3.05, 3.63) is 59.3 Å². The van der Waals surface area contributed by atoms with E-state index < -0.39 is 5.97 Å². The van der Waals surface area contributed by atoms with Crippen LogP contribution in [0.4, 0.5) is 5.82 Å². The van der Waals surface area contributed by atoms with Crippen LogP contribution in [0.5, 0.6) is 0 Å². The van der Waals surface area contributed by atoms with Gasteiger partial charge in [0.1, 0.15) is 5.82 Å². The molecule has 1 aromatic heterocycles. The van der Waals surface area contributed by atoms with Gasteiger partial charge in [-0.05, 0) is 48.4 Å². The molecule has 0 radical (unpaired) electrons. The number of carbonyl (C=O) groups is 3. The van der Waals surface area contributed by atoms with E-state index in [1.54, 1.807) is 41.4 Å². The maximum Gasteiger partial charge on any atom is 0.337 e. The molecule has 0 spiro atoms. The SMILES string of the molecule is COC(=O)c1ccc(C(=O)NCc2ccnc(N3CCCC3=O)c2)cc1. The average Bonchev–Trinajstić information content (AvgIpc) is 3.11. The minimum absolute atomic E-state index is 0.0735. The lowest BCUT2D eigenvalue weighted by molar-refractivity contribution is -0.117. The summed E-state index contributed by atoms with van der Waals surface area (Å²) in [4.78, 5) is 41.4. The summed E-state index contributed by atoms with van der Waals surface area (Å²) < 4.78 is 4.63. The summed E-state index contributed by atoms with van der Waals surface area (Å²) in [6.07, 6.45) is 3.01. The van der Waals surface area contributed by atoms with Crippen molar-refractivity contribution in [2.24, 2.45) is 0 Å². The molecule has 1 N–H and O–H groups in total. The second kappa shape index (κ2) is 7.77. The van der Waals surface area contributed by atoms with Crippen LogP contribution in [0.3, 0.4) is 0 Å². The lowest BCUT2D eigenvalue weighted by Crippen LogP contribution is -2.26. The molecule has 1 aromatic carbocycles. The van der Waals surface area contributed by atoms with Gasteiger partial charge in [0.25, 0.3) is 5.91 Å². The third-order valence-corrected chi connectivity index (χ3v) is 4.18. The second-order valence-electron chi connectivity index (χ2n) is 5.92. The summed E-state index contributed by atoms with van der Waals surface area (Å²) in [7, 11) is 1.31. The topological polar surface area (TPSA) is 88.6 Å². The Morgan fingerprint density at radius 3 is 2.58 bits per heavy atom. The molecule has 7 nitrogen and oxygen atoms in total. The molecule has 2 amide bonds. The largest absolute Gasteiger partial charge is 0.465 e. The van der Waals surface area contributed by atoms with Gasteiger partial charge in [0.05, 0.1) is 12.7 Å². The smallest absolute Gasteiger partial charge is 0.337 e. The Morgan fingerprint density at radius 2 is 1.92 bits per heavy atom. The van der Waals surface area contributed by atoms with E-state index in [0.717, 1.165) is 12.0 Å². The monoisotopic (exact) mass is 353 g/mol. The third kappa shape index (κ3) is 3.88. The van der Waals surface area contributed by atoms with E-state index in [9.17, 15) is 14.4 Å². The van der Waals surface area contributed by atoms with Crippen LogP contribution in [0, 0.1) is 0 Å². The Hall–Kier alpha value is -3.22. The maximum atomic E-state index is 12.3. The normalized spacial score (nSPS) is 13.6. The number of esters is 1. The number of hydrogen-bond donors (Lipinski definition) is 1. The van der Waals surface area contributed by atoms with E-state index in [-0.39, 0.29) is 11.8 Å². The highest BCUT2D eigenvalue weighted by molar-refractivity contribution is 5.96. The summed E-state index contributed by atoms with van der Waals surface area (Å²) in [6.45, 7) is 0.989. The summed E-state index contributed by atoms with van der Waals surface area (Å²) in [5.41, 5.74) is 1.69. The highest BCUT2D eigenvalue weighted by Crippen LogP contribution is 2.19. The Balaban J connectivity index is 1.62. The van der Waals surface area contributed by atoms with Crippen molar-refractivity contribution in [1.29, 1.82) is 0 Å². The molecule has 0 bridgehead atoms. The molecule has 1 fully saturated rings. The zero-order chi connectivity index (χ0) is 18.5. The summed E-state index contributed by atoms with van der Waals surface area (Å²) in [6, 6.07) is 9.84. The molecule has 0 aliphatic carbocycles. The zero-order valence-electron chi connectivity index (χ0n) is 14.4. The van der Waals surface area contributed by atoms with E-state index in [1.165, 1.54) is 7.11 Å². The highest BCUT2D eigenvalue weighted by Gasteiger charge is 2.22. The first-order valence-electron chi connectivity index (χ1n) is 8.30. The number of aromatic nitrogens is 1. The Bertz CT molecular complexity index is 833. The summed E-state index contributed by atoms with van der Waals surface area (Å²) in [5, 5.41) is 2.82. The lowest BCUT2D eigenvalue weighted by atomic mass is 10.1. The van der Waals surface area contributed by atoms with Crippen LogP contribution in [0.2, 0.25) is 0 Å². The molecule has 1 saturated heterocycles. The van der Waals surface area contributed by atoms with Crippen LogP contribution >= 0.6 is 0 Å². The van der Waals surface area contributed by atoms with Gasteiger partial charge in [-0.3, -0.25) is 14.5 Å². The number of hydrogen-bond acceptors (Lipinski definition) is 5. The molecule has 0 unspecified atom stereocenters. The third-order valence-electron chi connectivity index (χ3n) is 4.18. The van der Waals surface area contributed by atoms with Gasteiger partial charge in [-0.15, -0.1) is 0 Å². The number of amides is 2. The van der Waals surface area contributed by atoms with E-state index >= 15 is 0 Å². The van der Waals surface area contributed by atoms with Gasteiger partial charge in [0.2, 0.25) is 5.91 Å². The summed E-state index contributed by atoms with van der Waals surface area (Å²) >= 11 is 0. The fourth-order valence-electron chi connectivity index (χ4n) is 2.77. The van der Waals surface area contributed by atoms with Crippen molar-refractivity contribution >= 4 is 23.6 Å². The molecule has 134 valence electrons. The van der Waals surface area contributed by atoms with Crippen LogP contribution in [-0.2, 0) is 16.1 Å². The van der Waals surface area contributed by atoms with E-state index in [2.05, 4.69) is 15.0 Å². The van der Waals surface area contributed by atoms with Crippen molar-refractivity contribution in [3.8, 4) is 0 Å². The molecule has 0 atom stereocenters. The van der Waals surface area contributed by atoms with Crippen molar-refractivity contribution in [2.75, 3.05) is 18.6 Å². The number of anilines is 1. The number of nitrogens with zero attached hydrogens (tertiary/aromatic N) is 2. The second-order valence-corrected chi connectivity index (χ2v) is 5.92. The standard InChI is InChI=1S/C19H19N3O4/c1-26-19(25)15-6-4-14(5-7-15)18(24)21-12-13-8-9-20-16(11-13)22-10-2-3-17(22)23/h4-9,11H,2-3,10,12H2,1H3,(H,21,24). The van der Waals surface area contributed by atoms with Crippen molar-refractivity contribution in [1.82, 2.24) is 10.3 Å². The molecular weight excluding hydrogens is 334 g/mol. The van der Waals surface area contributed by atoms with Crippen LogP contribution in [0.15, 0.2) is 42.6 Å². The van der Waals surface area contributed by atoms with Crippen LogP contribution in [-0.4, -0.2) is 36.4 Å². The van der Waals surface area contributed by atoms with Gasteiger partial charge in [0, 0.05) is 31.3 Å². The molecule has 7 heteroatoms. The van der Waals surface area contributed by atoms with Crippen molar-refractivity contribution in [2.45, 2.75) is 19.4 Å². The van der Waals surface area contributed by atoms with Gasteiger partial charge in [0.15, 0.2) is 0 Å². The van der Waals surface area contributed by atoms with Crippen LogP contribution < -0.4 is 10.2 Å².